The van der Waals surface area contributed by atoms with Crippen LogP contribution in [0, 0.1) is 6.92 Å². The van der Waals surface area contributed by atoms with Crippen LogP contribution in [0.1, 0.15) is 5.56 Å². The molecule has 0 aliphatic heterocycles. The van der Waals surface area contributed by atoms with E-state index in [1.165, 1.54) is 18.2 Å². The van der Waals surface area contributed by atoms with Crippen molar-refractivity contribution in [2.24, 2.45) is 0 Å². The second-order valence-corrected chi connectivity index (χ2v) is 8.17. The van der Waals surface area contributed by atoms with E-state index in [0.29, 0.717) is 20.3 Å². The summed E-state index contributed by atoms with van der Waals surface area (Å²) < 4.78 is 28.7. The van der Waals surface area contributed by atoms with Crippen LogP contribution in [0.2, 0.25) is 5.02 Å². The molecular formula is C13H11Br2ClN2O2S. The Kier molecular flexibility index (Phi) is 4.87. The van der Waals surface area contributed by atoms with E-state index < -0.39 is 10.0 Å². The third-order valence-corrected chi connectivity index (χ3v) is 5.75. The topological polar surface area (TPSA) is 72.2 Å². The van der Waals surface area contributed by atoms with Crippen LogP contribution in [-0.4, -0.2) is 8.42 Å². The van der Waals surface area contributed by atoms with E-state index in [1.807, 2.05) is 19.1 Å². The number of nitrogens with two attached hydrogens (primary N) is 1. The molecule has 8 heteroatoms. The highest BCUT2D eigenvalue weighted by Gasteiger charge is 2.20. The fraction of sp³-hybridized carbons (Fsp3) is 0.0769. The summed E-state index contributed by atoms with van der Waals surface area (Å²) in [4.78, 5) is -0.0299. The molecule has 2 aromatic rings. The van der Waals surface area contributed by atoms with Crippen molar-refractivity contribution in [2.75, 3.05) is 10.5 Å². The van der Waals surface area contributed by atoms with E-state index in [2.05, 4.69) is 36.6 Å². The average Bonchev–Trinajstić information content (AvgIpc) is 2.33. The molecule has 0 fully saturated rings. The fourth-order valence-electron chi connectivity index (χ4n) is 1.72. The first-order chi connectivity index (χ1) is 9.70. The molecule has 0 saturated heterocycles. The Morgan fingerprint density at radius 3 is 2.24 bits per heavy atom. The van der Waals surface area contributed by atoms with E-state index in [-0.39, 0.29) is 9.92 Å². The van der Waals surface area contributed by atoms with Crippen molar-refractivity contribution in [1.82, 2.24) is 0 Å². The predicted molar refractivity (Wildman–Crippen MR) is 93.3 cm³/mol. The van der Waals surface area contributed by atoms with Gasteiger partial charge in [-0.2, -0.15) is 0 Å². The molecule has 0 aromatic heterocycles. The smallest absolute Gasteiger partial charge is 0.263 e. The van der Waals surface area contributed by atoms with Gasteiger partial charge in [0.15, 0.2) is 0 Å². The number of hydrogen-bond acceptors (Lipinski definition) is 3. The summed E-state index contributed by atoms with van der Waals surface area (Å²) in [6.45, 7) is 1.91. The maximum absolute atomic E-state index is 12.4. The Labute approximate surface area is 145 Å². The molecule has 0 aliphatic carbocycles. The van der Waals surface area contributed by atoms with Gasteiger partial charge in [-0.3, -0.25) is 4.72 Å². The van der Waals surface area contributed by atoms with E-state index in [0.717, 1.165) is 5.56 Å². The lowest BCUT2D eigenvalue weighted by atomic mass is 10.2. The molecule has 0 saturated carbocycles. The third kappa shape index (κ3) is 3.71. The molecule has 3 N–H and O–H groups in total. The fourth-order valence-corrected chi connectivity index (χ4v) is 5.25. The number of nitrogens with one attached hydrogen (secondary N) is 1. The van der Waals surface area contributed by atoms with E-state index in [4.69, 9.17) is 17.3 Å². The van der Waals surface area contributed by atoms with Gasteiger partial charge >= 0.3 is 0 Å². The minimum absolute atomic E-state index is 0.0299. The second-order valence-electron chi connectivity index (χ2n) is 4.40. The Balaban J connectivity index is 2.47. The van der Waals surface area contributed by atoms with Crippen molar-refractivity contribution >= 4 is 64.9 Å². The maximum Gasteiger partial charge on any atom is 0.263 e. The molecule has 0 amide bonds. The van der Waals surface area contributed by atoms with Crippen LogP contribution in [0.3, 0.4) is 0 Å². The monoisotopic (exact) mass is 452 g/mol. The molecule has 2 rings (SSSR count). The maximum atomic E-state index is 12.4. The molecule has 0 heterocycles. The van der Waals surface area contributed by atoms with Gasteiger partial charge < -0.3 is 5.73 Å². The van der Waals surface area contributed by atoms with E-state index >= 15 is 0 Å². The van der Waals surface area contributed by atoms with Crippen molar-refractivity contribution in [3.8, 4) is 0 Å². The number of halogens is 3. The van der Waals surface area contributed by atoms with Crippen LogP contribution in [0.15, 0.2) is 44.2 Å². The first kappa shape index (κ1) is 16.6. The standard InChI is InChI=1S/C13H11Br2ClN2O2S/c1-7-4-9(14)13(10(15)5-7)18-21(19,20)12-3-2-8(17)6-11(12)16/h2-6,18H,17H2,1H3. The van der Waals surface area contributed by atoms with Gasteiger partial charge in [-0.1, -0.05) is 11.6 Å². The lowest BCUT2D eigenvalue weighted by Crippen LogP contribution is -2.14. The van der Waals surface area contributed by atoms with Crippen molar-refractivity contribution in [1.29, 1.82) is 0 Å². The molecule has 0 unspecified atom stereocenters. The van der Waals surface area contributed by atoms with Gasteiger partial charge in [0.05, 0.1) is 10.7 Å². The summed E-state index contributed by atoms with van der Waals surface area (Å²) >= 11 is 12.6. The summed E-state index contributed by atoms with van der Waals surface area (Å²) in [5, 5.41) is 0.0712. The zero-order chi connectivity index (χ0) is 15.8. The number of hydrogen-bond donors (Lipinski definition) is 2. The Morgan fingerprint density at radius 1 is 1.14 bits per heavy atom. The van der Waals surface area contributed by atoms with Crippen molar-refractivity contribution in [3.63, 3.8) is 0 Å². The molecule has 0 radical (unpaired) electrons. The van der Waals surface area contributed by atoms with E-state index in [9.17, 15) is 8.42 Å². The number of sulfonamides is 1. The van der Waals surface area contributed by atoms with Crippen LogP contribution in [0.25, 0.3) is 0 Å². The van der Waals surface area contributed by atoms with E-state index in [1.54, 1.807) is 0 Å². The van der Waals surface area contributed by atoms with Gasteiger partial charge in [-0.05, 0) is 74.7 Å². The highest BCUT2D eigenvalue weighted by molar-refractivity contribution is 9.11. The number of rotatable bonds is 3. The van der Waals surface area contributed by atoms with Crippen LogP contribution in [-0.2, 0) is 10.0 Å². The zero-order valence-electron chi connectivity index (χ0n) is 10.8. The number of aryl methyl sites for hydroxylation is 1. The normalized spacial score (nSPS) is 11.4. The highest BCUT2D eigenvalue weighted by atomic mass is 79.9. The average molecular weight is 455 g/mol. The number of anilines is 2. The third-order valence-electron chi connectivity index (χ3n) is 2.67. The molecular weight excluding hydrogens is 443 g/mol. The Hall–Kier alpha value is -0.760. The predicted octanol–water partition coefficient (Wildman–Crippen LogP) is 4.56. The van der Waals surface area contributed by atoms with Gasteiger partial charge in [0.1, 0.15) is 4.90 Å². The van der Waals surface area contributed by atoms with Crippen molar-refractivity contribution < 1.29 is 8.42 Å². The van der Waals surface area contributed by atoms with Gasteiger partial charge in [-0.15, -0.1) is 0 Å². The number of benzene rings is 2. The number of nitrogen functional groups attached to an aromatic ring is 1. The summed E-state index contributed by atoms with van der Waals surface area (Å²) in [6, 6.07) is 7.88. The molecule has 2 aromatic carbocycles. The van der Waals surface area contributed by atoms with Gasteiger partial charge in [0.2, 0.25) is 0 Å². The first-order valence-corrected chi connectivity index (χ1v) is 9.19. The zero-order valence-corrected chi connectivity index (χ0v) is 15.6. The molecule has 4 nitrogen and oxygen atoms in total. The van der Waals surface area contributed by atoms with Gasteiger partial charge in [0.25, 0.3) is 10.0 Å². The quantitative estimate of drug-likeness (QED) is 0.668. The first-order valence-electron chi connectivity index (χ1n) is 5.74. The molecule has 0 spiro atoms. The summed E-state index contributed by atoms with van der Waals surface area (Å²) in [5.41, 5.74) is 7.37. The highest BCUT2D eigenvalue weighted by Crippen LogP contribution is 2.35. The molecule has 112 valence electrons. The second kappa shape index (κ2) is 6.16. The van der Waals surface area contributed by atoms with Crippen LogP contribution < -0.4 is 10.5 Å². The van der Waals surface area contributed by atoms with Gasteiger partial charge in [0, 0.05) is 14.6 Å². The largest absolute Gasteiger partial charge is 0.399 e. The summed E-state index contributed by atoms with van der Waals surface area (Å²) in [6.07, 6.45) is 0. The van der Waals surface area contributed by atoms with Gasteiger partial charge in [-0.25, -0.2) is 8.42 Å². The Bertz CT molecular complexity index is 787. The summed E-state index contributed by atoms with van der Waals surface area (Å²) in [7, 11) is -3.82. The SMILES string of the molecule is Cc1cc(Br)c(NS(=O)(=O)c2ccc(N)cc2Cl)c(Br)c1. The lowest BCUT2D eigenvalue weighted by Gasteiger charge is -2.13. The van der Waals surface area contributed by atoms with Crippen LogP contribution in [0.4, 0.5) is 11.4 Å². The molecule has 0 aliphatic rings. The van der Waals surface area contributed by atoms with Crippen molar-refractivity contribution in [2.45, 2.75) is 11.8 Å². The Morgan fingerprint density at radius 2 is 1.71 bits per heavy atom. The van der Waals surface area contributed by atoms with Crippen LogP contribution >= 0.6 is 43.5 Å². The van der Waals surface area contributed by atoms with Crippen LogP contribution in [0.5, 0.6) is 0 Å². The molecule has 0 atom stereocenters. The molecule has 0 bridgehead atoms. The van der Waals surface area contributed by atoms with Crippen molar-refractivity contribution in [3.05, 3.63) is 49.9 Å². The minimum atomic E-state index is -3.82. The summed E-state index contributed by atoms with van der Waals surface area (Å²) in [5.74, 6) is 0. The minimum Gasteiger partial charge on any atom is -0.399 e. The molecule has 21 heavy (non-hydrogen) atoms. The lowest BCUT2D eigenvalue weighted by molar-refractivity contribution is 0.601.